The molecule has 0 amide bonds. The Morgan fingerprint density at radius 1 is 0.839 bits per heavy atom. The summed E-state index contributed by atoms with van der Waals surface area (Å²) in [5.41, 5.74) is 1.80. The number of thioether (sulfide) groups is 1. The molecule has 5 aromatic rings. The summed E-state index contributed by atoms with van der Waals surface area (Å²) in [6, 6.07) is 21.0. The average Bonchev–Trinajstić information content (AvgIpc) is 3.56. The maximum Gasteiger partial charge on any atom is 0.247 e. The van der Waals surface area contributed by atoms with Gasteiger partial charge in [-0.3, -0.25) is 4.57 Å². The van der Waals surface area contributed by atoms with Crippen LogP contribution in [0.5, 0.6) is 0 Å². The van der Waals surface area contributed by atoms with Crippen LogP contribution >= 0.6 is 23.4 Å². The molecule has 0 saturated carbocycles. The van der Waals surface area contributed by atoms with E-state index in [9.17, 15) is 0 Å². The quantitative estimate of drug-likeness (QED) is 0.300. The van der Waals surface area contributed by atoms with Crippen molar-refractivity contribution >= 4 is 23.4 Å². The molecule has 0 radical (unpaired) electrons. The maximum absolute atomic E-state index is 6.04. The topological polar surface area (TPSA) is 82.8 Å². The number of hydrogen-bond donors (Lipinski definition) is 0. The normalized spacial score (nSPS) is 11.1. The zero-order valence-corrected chi connectivity index (χ0v) is 17.8. The highest BCUT2D eigenvalue weighted by Crippen LogP contribution is 2.28. The number of rotatable bonds is 7. The van der Waals surface area contributed by atoms with Crippen molar-refractivity contribution in [2.75, 3.05) is 0 Å². The summed E-state index contributed by atoms with van der Waals surface area (Å²) >= 11 is 7.51. The second-order valence-corrected chi connectivity index (χ2v) is 8.01. The van der Waals surface area contributed by atoms with E-state index in [1.807, 2.05) is 71.3 Å². The Bertz CT molecular complexity index is 1270. The fourth-order valence-electron chi connectivity index (χ4n) is 3.04. The Balaban J connectivity index is 1.40. The molecule has 0 aliphatic carbocycles. The number of halogens is 1. The third kappa shape index (κ3) is 4.40. The first kappa shape index (κ1) is 19.6. The van der Waals surface area contributed by atoms with Gasteiger partial charge in [0.15, 0.2) is 11.0 Å². The first-order valence-electron chi connectivity index (χ1n) is 9.48. The van der Waals surface area contributed by atoms with Gasteiger partial charge >= 0.3 is 0 Å². The monoisotopic (exact) mass is 449 g/mol. The van der Waals surface area contributed by atoms with E-state index in [2.05, 4.69) is 20.4 Å². The van der Waals surface area contributed by atoms with Gasteiger partial charge in [0.25, 0.3) is 0 Å². The second kappa shape index (κ2) is 8.79. The van der Waals surface area contributed by atoms with Crippen LogP contribution in [0.15, 0.2) is 87.0 Å². The average molecular weight is 450 g/mol. The molecule has 31 heavy (non-hydrogen) atoms. The van der Waals surface area contributed by atoms with E-state index in [1.54, 1.807) is 6.26 Å². The van der Waals surface area contributed by atoms with Crippen LogP contribution in [0.3, 0.4) is 0 Å². The summed E-state index contributed by atoms with van der Waals surface area (Å²) in [6.45, 7) is 0.499. The Labute approximate surface area is 187 Å². The van der Waals surface area contributed by atoms with Crippen molar-refractivity contribution in [3.05, 3.63) is 89.7 Å². The van der Waals surface area contributed by atoms with Gasteiger partial charge < -0.3 is 8.83 Å². The lowest BCUT2D eigenvalue weighted by Gasteiger charge is -2.08. The number of benzene rings is 2. The summed E-state index contributed by atoms with van der Waals surface area (Å²) in [5.74, 6) is 3.02. The van der Waals surface area contributed by atoms with Gasteiger partial charge in [-0.25, -0.2) is 0 Å². The van der Waals surface area contributed by atoms with Crippen LogP contribution < -0.4 is 0 Å². The lowest BCUT2D eigenvalue weighted by Crippen LogP contribution is -2.03. The predicted octanol–water partition coefficient (Wildman–Crippen LogP) is 5.58. The van der Waals surface area contributed by atoms with Gasteiger partial charge in [0.2, 0.25) is 11.8 Å². The van der Waals surface area contributed by atoms with E-state index in [1.165, 1.54) is 11.8 Å². The highest BCUT2D eigenvalue weighted by Gasteiger charge is 2.17. The number of aromatic nitrogens is 5. The molecule has 0 saturated heterocycles. The van der Waals surface area contributed by atoms with Gasteiger partial charge in [-0.05, 0) is 48.5 Å². The van der Waals surface area contributed by atoms with E-state index in [0.29, 0.717) is 29.1 Å². The largest absolute Gasteiger partial charge is 0.467 e. The van der Waals surface area contributed by atoms with Crippen LogP contribution in [0.25, 0.3) is 22.8 Å². The molecule has 0 unspecified atom stereocenters. The van der Waals surface area contributed by atoms with Gasteiger partial charge in [0, 0.05) is 16.1 Å². The van der Waals surface area contributed by atoms with Gasteiger partial charge in [0.05, 0.1) is 18.6 Å². The molecule has 9 heteroatoms. The Morgan fingerprint density at radius 3 is 2.45 bits per heavy atom. The van der Waals surface area contributed by atoms with Crippen LogP contribution in [-0.4, -0.2) is 25.0 Å². The molecule has 3 heterocycles. The van der Waals surface area contributed by atoms with Crippen LogP contribution in [0, 0.1) is 0 Å². The number of nitrogens with zero attached hydrogens (tertiary/aromatic N) is 5. The minimum Gasteiger partial charge on any atom is -0.467 e. The SMILES string of the molecule is Clc1ccc(-c2nnc(SCc3nnc(-c4ccccc4)o3)n2Cc2ccco2)cc1. The van der Waals surface area contributed by atoms with E-state index in [4.69, 9.17) is 20.4 Å². The van der Waals surface area contributed by atoms with Crippen LogP contribution in [0.4, 0.5) is 0 Å². The molecule has 0 aliphatic rings. The second-order valence-electron chi connectivity index (χ2n) is 6.63. The zero-order chi connectivity index (χ0) is 21.0. The Morgan fingerprint density at radius 2 is 1.68 bits per heavy atom. The van der Waals surface area contributed by atoms with Crippen molar-refractivity contribution in [2.45, 2.75) is 17.5 Å². The fourth-order valence-corrected chi connectivity index (χ4v) is 3.95. The lowest BCUT2D eigenvalue weighted by molar-refractivity contribution is 0.485. The van der Waals surface area contributed by atoms with Gasteiger partial charge in [0.1, 0.15) is 5.76 Å². The van der Waals surface area contributed by atoms with E-state index in [0.717, 1.165) is 27.9 Å². The molecule has 5 rings (SSSR count). The highest BCUT2D eigenvalue weighted by molar-refractivity contribution is 7.98. The maximum atomic E-state index is 6.04. The Kier molecular flexibility index (Phi) is 5.56. The minimum absolute atomic E-state index is 0.469. The smallest absolute Gasteiger partial charge is 0.247 e. The fraction of sp³-hybridized carbons (Fsp3) is 0.0909. The predicted molar refractivity (Wildman–Crippen MR) is 118 cm³/mol. The molecule has 0 atom stereocenters. The Hall–Kier alpha value is -3.36. The van der Waals surface area contributed by atoms with Gasteiger partial charge in [-0.1, -0.05) is 41.6 Å². The van der Waals surface area contributed by atoms with Crippen molar-refractivity contribution in [1.29, 1.82) is 0 Å². The van der Waals surface area contributed by atoms with E-state index in [-0.39, 0.29) is 0 Å². The van der Waals surface area contributed by atoms with Gasteiger partial charge in [-0.2, -0.15) is 0 Å². The summed E-state index contributed by atoms with van der Waals surface area (Å²) in [5, 5.41) is 18.5. The van der Waals surface area contributed by atoms with Gasteiger partial charge in [-0.15, -0.1) is 20.4 Å². The molecular weight excluding hydrogens is 434 g/mol. The van der Waals surface area contributed by atoms with Crippen molar-refractivity contribution in [1.82, 2.24) is 25.0 Å². The molecule has 7 nitrogen and oxygen atoms in total. The highest BCUT2D eigenvalue weighted by atomic mass is 35.5. The van der Waals surface area contributed by atoms with Crippen molar-refractivity contribution in [3.63, 3.8) is 0 Å². The third-order valence-corrected chi connectivity index (χ3v) is 5.73. The molecule has 2 aromatic carbocycles. The molecule has 154 valence electrons. The summed E-state index contributed by atoms with van der Waals surface area (Å²) < 4.78 is 13.3. The van der Waals surface area contributed by atoms with Crippen LogP contribution in [0.2, 0.25) is 5.02 Å². The standard InChI is InChI=1S/C22H16ClN5O2S/c23-17-10-8-15(9-11-17)20-25-27-22(28(20)13-18-7-4-12-29-18)31-14-19-24-26-21(30-19)16-5-2-1-3-6-16/h1-12H,13-14H2. The molecule has 3 aromatic heterocycles. The first-order valence-corrected chi connectivity index (χ1v) is 10.8. The summed E-state index contributed by atoms with van der Waals surface area (Å²) in [7, 11) is 0. The molecule has 0 bridgehead atoms. The molecule has 0 N–H and O–H groups in total. The number of furan rings is 1. The minimum atomic E-state index is 0.469. The van der Waals surface area contributed by atoms with Crippen molar-refractivity contribution < 1.29 is 8.83 Å². The summed E-state index contributed by atoms with van der Waals surface area (Å²) in [6.07, 6.45) is 1.65. The number of hydrogen-bond acceptors (Lipinski definition) is 7. The van der Waals surface area contributed by atoms with E-state index >= 15 is 0 Å². The molecule has 0 aliphatic heterocycles. The molecule has 0 spiro atoms. The summed E-state index contributed by atoms with van der Waals surface area (Å²) in [4.78, 5) is 0. The molecular formula is C22H16ClN5O2S. The third-order valence-electron chi connectivity index (χ3n) is 4.53. The van der Waals surface area contributed by atoms with Crippen molar-refractivity contribution in [2.24, 2.45) is 0 Å². The van der Waals surface area contributed by atoms with Crippen LogP contribution in [-0.2, 0) is 12.3 Å². The zero-order valence-electron chi connectivity index (χ0n) is 16.2. The lowest BCUT2D eigenvalue weighted by atomic mass is 10.2. The molecule has 0 fully saturated rings. The van der Waals surface area contributed by atoms with E-state index < -0.39 is 0 Å². The first-order chi connectivity index (χ1) is 15.3. The van der Waals surface area contributed by atoms with Crippen LogP contribution in [0.1, 0.15) is 11.7 Å². The van der Waals surface area contributed by atoms with Crippen molar-refractivity contribution in [3.8, 4) is 22.8 Å².